The number of hydrogen-bond acceptors (Lipinski definition) is 3. The second-order valence-corrected chi connectivity index (χ2v) is 7.13. The average Bonchev–Trinajstić information content (AvgIpc) is 2.53. The Labute approximate surface area is 145 Å². The number of carbonyl (C=O) groups is 2. The van der Waals surface area contributed by atoms with Crippen LogP contribution in [0.5, 0.6) is 0 Å². The second-order valence-electron chi connectivity index (χ2n) is 6.22. The van der Waals surface area contributed by atoms with Crippen LogP contribution in [-0.4, -0.2) is 42.6 Å². The van der Waals surface area contributed by atoms with Gasteiger partial charge in [0.15, 0.2) is 0 Å². The molecule has 1 aliphatic heterocycles. The quantitative estimate of drug-likeness (QED) is 0.867. The van der Waals surface area contributed by atoms with E-state index in [2.05, 4.69) is 21.2 Å². The van der Waals surface area contributed by atoms with Crippen LogP contribution >= 0.6 is 15.9 Å². The Hall–Kier alpha value is -1.56. The minimum absolute atomic E-state index is 0.0767. The van der Waals surface area contributed by atoms with Gasteiger partial charge in [-0.3, -0.25) is 4.79 Å². The van der Waals surface area contributed by atoms with Crippen molar-refractivity contribution in [3.63, 3.8) is 0 Å². The highest BCUT2D eigenvalue weighted by Gasteiger charge is 2.25. The molecule has 1 saturated heterocycles. The number of piperidine rings is 1. The molecule has 0 bridgehead atoms. The fourth-order valence-electron chi connectivity index (χ4n) is 2.43. The molecular formula is C17H23BrN2O3. The number of carbonyl (C=O) groups excluding carboxylic acids is 2. The number of hydrogen-bond donors (Lipinski definition) is 1. The third-order valence-electron chi connectivity index (χ3n) is 3.72. The molecule has 23 heavy (non-hydrogen) atoms. The molecule has 2 rings (SSSR count). The first-order chi connectivity index (χ1) is 11.0. The van der Waals surface area contributed by atoms with Crippen molar-refractivity contribution in [1.29, 1.82) is 0 Å². The number of amides is 2. The zero-order valence-electron chi connectivity index (χ0n) is 13.5. The molecule has 0 atom stereocenters. The van der Waals surface area contributed by atoms with Gasteiger partial charge in [0.25, 0.3) is 5.91 Å². The summed E-state index contributed by atoms with van der Waals surface area (Å²) in [6, 6.07) is 7.41. The fourth-order valence-corrected chi connectivity index (χ4v) is 2.83. The first-order valence-electron chi connectivity index (χ1n) is 7.94. The lowest BCUT2D eigenvalue weighted by molar-refractivity contribution is 0.0785. The van der Waals surface area contributed by atoms with Gasteiger partial charge in [-0.2, -0.15) is 0 Å². The van der Waals surface area contributed by atoms with Gasteiger partial charge < -0.3 is 15.0 Å². The van der Waals surface area contributed by atoms with Crippen LogP contribution in [0.4, 0.5) is 4.79 Å². The summed E-state index contributed by atoms with van der Waals surface area (Å²) < 4.78 is 6.12. The van der Waals surface area contributed by atoms with Crippen LogP contribution in [0.3, 0.4) is 0 Å². The summed E-state index contributed by atoms with van der Waals surface area (Å²) in [5.74, 6) is 0.258. The molecule has 126 valence electrons. The molecule has 0 saturated carbocycles. The van der Waals surface area contributed by atoms with Gasteiger partial charge in [-0.05, 0) is 37.0 Å². The summed E-state index contributed by atoms with van der Waals surface area (Å²) in [5.41, 5.74) is 0.637. The number of rotatable bonds is 4. The fraction of sp³-hybridized carbons (Fsp3) is 0.529. The molecule has 1 aromatic carbocycles. The van der Waals surface area contributed by atoms with E-state index in [4.69, 9.17) is 4.74 Å². The van der Waals surface area contributed by atoms with Crippen molar-refractivity contribution in [1.82, 2.24) is 10.2 Å². The standard InChI is InChI=1S/C17H23BrN2O3/c1-12(2)11-23-17(22)20-8-6-15(7-9-20)19-16(21)13-4-3-5-14(18)10-13/h3-5,10,12,15H,6-9,11H2,1-2H3,(H,19,21). The van der Waals surface area contributed by atoms with E-state index in [1.165, 1.54) is 0 Å². The zero-order valence-corrected chi connectivity index (χ0v) is 15.1. The van der Waals surface area contributed by atoms with Gasteiger partial charge in [0.1, 0.15) is 0 Å². The van der Waals surface area contributed by atoms with Crippen molar-refractivity contribution in [3.05, 3.63) is 34.3 Å². The van der Waals surface area contributed by atoms with E-state index >= 15 is 0 Å². The Balaban J connectivity index is 1.78. The molecule has 1 aliphatic rings. The van der Waals surface area contributed by atoms with Gasteiger partial charge in [-0.1, -0.05) is 35.8 Å². The summed E-state index contributed by atoms with van der Waals surface area (Å²) in [6.45, 7) is 5.69. The first-order valence-corrected chi connectivity index (χ1v) is 8.73. The van der Waals surface area contributed by atoms with Crippen LogP contribution in [0, 0.1) is 5.92 Å². The maximum absolute atomic E-state index is 12.2. The van der Waals surface area contributed by atoms with E-state index in [1.54, 1.807) is 17.0 Å². The molecular weight excluding hydrogens is 360 g/mol. The Bertz CT molecular complexity index is 555. The minimum Gasteiger partial charge on any atom is -0.449 e. The van der Waals surface area contributed by atoms with Gasteiger partial charge >= 0.3 is 6.09 Å². The highest BCUT2D eigenvalue weighted by molar-refractivity contribution is 9.10. The zero-order chi connectivity index (χ0) is 16.8. The van der Waals surface area contributed by atoms with Gasteiger partial charge in [-0.25, -0.2) is 4.79 Å². The van der Waals surface area contributed by atoms with Crippen molar-refractivity contribution >= 4 is 27.9 Å². The van der Waals surface area contributed by atoms with E-state index in [0.717, 1.165) is 17.3 Å². The van der Waals surface area contributed by atoms with Gasteiger partial charge in [-0.15, -0.1) is 0 Å². The van der Waals surface area contributed by atoms with Crippen molar-refractivity contribution in [2.75, 3.05) is 19.7 Å². The normalized spacial score (nSPS) is 15.6. The van der Waals surface area contributed by atoms with Crippen LogP contribution in [0.2, 0.25) is 0 Å². The van der Waals surface area contributed by atoms with Gasteiger partial charge in [0.05, 0.1) is 6.61 Å². The Morgan fingerprint density at radius 1 is 1.35 bits per heavy atom. The van der Waals surface area contributed by atoms with Crippen LogP contribution in [0.1, 0.15) is 37.0 Å². The van der Waals surface area contributed by atoms with Crippen molar-refractivity contribution in [2.24, 2.45) is 5.92 Å². The molecule has 0 aromatic heterocycles. The number of benzene rings is 1. The summed E-state index contributed by atoms with van der Waals surface area (Å²) >= 11 is 3.37. The monoisotopic (exact) mass is 382 g/mol. The molecule has 0 radical (unpaired) electrons. The molecule has 0 aliphatic carbocycles. The van der Waals surface area contributed by atoms with Crippen molar-refractivity contribution in [3.8, 4) is 0 Å². The lowest BCUT2D eigenvalue weighted by Crippen LogP contribution is -2.46. The lowest BCUT2D eigenvalue weighted by Gasteiger charge is -2.31. The molecule has 1 fully saturated rings. The second kappa shape index (κ2) is 8.34. The van der Waals surface area contributed by atoms with Crippen LogP contribution in [0.25, 0.3) is 0 Å². The smallest absolute Gasteiger partial charge is 0.409 e. The molecule has 2 amide bonds. The SMILES string of the molecule is CC(C)COC(=O)N1CCC(NC(=O)c2cccc(Br)c2)CC1. The van der Waals surface area contributed by atoms with Gasteiger partial charge in [0.2, 0.25) is 0 Å². The summed E-state index contributed by atoms with van der Waals surface area (Å²) in [5, 5.41) is 3.03. The highest BCUT2D eigenvalue weighted by Crippen LogP contribution is 2.15. The molecule has 1 aromatic rings. The topological polar surface area (TPSA) is 58.6 Å². The minimum atomic E-state index is -0.254. The van der Waals surface area contributed by atoms with Crippen molar-refractivity contribution < 1.29 is 14.3 Å². The van der Waals surface area contributed by atoms with Crippen LogP contribution < -0.4 is 5.32 Å². The summed E-state index contributed by atoms with van der Waals surface area (Å²) in [4.78, 5) is 25.8. The van der Waals surface area contributed by atoms with E-state index < -0.39 is 0 Å². The molecule has 1 heterocycles. The van der Waals surface area contributed by atoms with E-state index in [0.29, 0.717) is 31.2 Å². The number of nitrogens with one attached hydrogen (secondary N) is 1. The molecule has 0 unspecified atom stereocenters. The van der Waals surface area contributed by atoms with E-state index in [-0.39, 0.29) is 18.0 Å². The van der Waals surface area contributed by atoms with Crippen molar-refractivity contribution in [2.45, 2.75) is 32.7 Å². The molecule has 6 heteroatoms. The number of ether oxygens (including phenoxy) is 1. The van der Waals surface area contributed by atoms with E-state index in [9.17, 15) is 9.59 Å². The first kappa shape index (κ1) is 17.8. The molecule has 5 nitrogen and oxygen atoms in total. The maximum Gasteiger partial charge on any atom is 0.409 e. The Kier molecular flexibility index (Phi) is 6.45. The summed E-state index contributed by atoms with van der Waals surface area (Å²) in [6.07, 6.45) is 1.24. The van der Waals surface area contributed by atoms with Crippen LogP contribution in [0.15, 0.2) is 28.7 Å². The maximum atomic E-state index is 12.2. The third kappa shape index (κ3) is 5.53. The van der Waals surface area contributed by atoms with Crippen LogP contribution in [-0.2, 0) is 4.74 Å². The number of nitrogens with zero attached hydrogens (tertiary/aromatic N) is 1. The third-order valence-corrected chi connectivity index (χ3v) is 4.21. The predicted octanol–water partition coefficient (Wildman–Crippen LogP) is 3.44. The average molecular weight is 383 g/mol. The highest BCUT2D eigenvalue weighted by atomic mass is 79.9. The largest absolute Gasteiger partial charge is 0.449 e. The molecule has 0 spiro atoms. The molecule has 1 N–H and O–H groups in total. The summed E-state index contributed by atoms with van der Waals surface area (Å²) in [7, 11) is 0. The number of likely N-dealkylation sites (tertiary alicyclic amines) is 1. The number of halogens is 1. The predicted molar refractivity (Wildman–Crippen MR) is 92.4 cm³/mol. The lowest BCUT2D eigenvalue weighted by atomic mass is 10.0. The van der Waals surface area contributed by atoms with E-state index in [1.807, 2.05) is 26.0 Å². The van der Waals surface area contributed by atoms with Gasteiger partial charge in [0, 0.05) is 29.2 Å². The Morgan fingerprint density at radius 3 is 2.65 bits per heavy atom. The Morgan fingerprint density at radius 2 is 2.04 bits per heavy atom.